The molecule has 0 fully saturated rings. The molecule has 13 heavy (non-hydrogen) atoms. The minimum absolute atomic E-state index is 0.0427. The molecule has 0 aliphatic carbocycles. The van der Waals surface area contributed by atoms with E-state index in [2.05, 4.69) is 10.6 Å². The number of hydrogen-bond acceptors (Lipinski definition) is 1. The van der Waals surface area contributed by atoms with E-state index in [1.54, 1.807) is 7.05 Å². The van der Waals surface area contributed by atoms with E-state index in [1.807, 2.05) is 37.3 Å². The standard InChI is InChI=1S/C10H14N2O/c1-8(12-10(13)11-2)9-6-4-3-5-7-9/h3-8H,1-2H3,(H2,11,12,13)/t8-/m1/s1. The first-order chi connectivity index (χ1) is 6.24. The van der Waals surface area contributed by atoms with Gasteiger partial charge < -0.3 is 10.6 Å². The van der Waals surface area contributed by atoms with Crippen molar-refractivity contribution in [2.45, 2.75) is 13.0 Å². The van der Waals surface area contributed by atoms with E-state index in [-0.39, 0.29) is 12.1 Å². The molecular weight excluding hydrogens is 164 g/mol. The average Bonchev–Trinajstić information content (AvgIpc) is 2.19. The lowest BCUT2D eigenvalue weighted by Crippen LogP contribution is -2.34. The summed E-state index contributed by atoms with van der Waals surface area (Å²) in [6.07, 6.45) is 0. The van der Waals surface area contributed by atoms with Gasteiger partial charge in [0.25, 0.3) is 0 Å². The van der Waals surface area contributed by atoms with Crippen molar-refractivity contribution in [2.75, 3.05) is 7.05 Å². The van der Waals surface area contributed by atoms with E-state index in [0.29, 0.717) is 0 Å². The molecule has 1 atom stereocenters. The van der Waals surface area contributed by atoms with Gasteiger partial charge in [-0.05, 0) is 12.5 Å². The Kier molecular flexibility index (Phi) is 3.31. The van der Waals surface area contributed by atoms with Crippen LogP contribution in [0.15, 0.2) is 30.3 Å². The summed E-state index contributed by atoms with van der Waals surface area (Å²) in [5, 5.41) is 5.31. The summed E-state index contributed by atoms with van der Waals surface area (Å²) < 4.78 is 0. The van der Waals surface area contributed by atoms with Gasteiger partial charge in [-0.2, -0.15) is 0 Å². The van der Waals surface area contributed by atoms with Crippen LogP contribution in [0.5, 0.6) is 0 Å². The predicted octanol–water partition coefficient (Wildman–Crippen LogP) is 1.68. The van der Waals surface area contributed by atoms with Gasteiger partial charge in [0.05, 0.1) is 6.04 Å². The summed E-state index contributed by atoms with van der Waals surface area (Å²) >= 11 is 0. The van der Waals surface area contributed by atoms with Crippen LogP contribution in [0.4, 0.5) is 4.79 Å². The zero-order chi connectivity index (χ0) is 9.68. The molecule has 0 aliphatic rings. The maximum atomic E-state index is 11.0. The normalized spacial score (nSPS) is 11.8. The molecule has 70 valence electrons. The fourth-order valence-electron chi connectivity index (χ4n) is 1.09. The second-order valence-electron chi connectivity index (χ2n) is 2.86. The third-order valence-electron chi connectivity index (χ3n) is 1.87. The van der Waals surface area contributed by atoms with Crippen LogP contribution in [0.3, 0.4) is 0 Å². The number of hydrogen-bond donors (Lipinski definition) is 2. The summed E-state index contributed by atoms with van der Waals surface area (Å²) in [5.74, 6) is 0. The molecule has 1 rings (SSSR count). The van der Waals surface area contributed by atoms with Gasteiger partial charge >= 0.3 is 6.03 Å². The van der Waals surface area contributed by atoms with E-state index in [1.165, 1.54) is 0 Å². The van der Waals surface area contributed by atoms with E-state index < -0.39 is 0 Å². The number of carbonyl (C=O) groups excluding carboxylic acids is 1. The molecule has 0 aliphatic heterocycles. The quantitative estimate of drug-likeness (QED) is 0.710. The highest BCUT2D eigenvalue weighted by atomic mass is 16.2. The Balaban J connectivity index is 2.59. The van der Waals surface area contributed by atoms with E-state index in [4.69, 9.17) is 0 Å². The molecule has 2 N–H and O–H groups in total. The van der Waals surface area contributed by atoms with Crippen molar-refractivity contribution in [1.29, 1.82) is 0 Å². The van der Waals surface area contributed by atoms with E-state index in [9.17, 15) is 4.79 Å². The van der Waals surface area contributed by atoms with Gasteiger partial charge in [0.1, 0.15) is 0 Å². The lowest BCUT2D eigenvalue weighted by Gasteiger charge is -2.13. The third kappa shape index (κ3) is 2.78. The van der Waals surface area contributed by atoms with Gasteiger partial charge in [-0.15, -0.1) is 0 Å². The van der Waals surface area contributed by atoms with Crippen molar-refractivity contribution in [3.63, 3.8) is 0 Å². The van der Waals surface area contributed by atoms with Crippen molar-refractivity contribution in [3.8, 4) is 0 Å². The van der Waals surface area contributed by atoms with Crippen LogP contribution < -0.4 is 10.6 Å². The molecule has 0 saturated carbocycles. The van der Waals surface area contributed by atoms with Crippen molar-refractivity contribution in [3.05, 3.63) is 35.9 Å². The maximum Gasteiger partial charge on any atom is 0.315 e. The Hall–Kier alpha value is -1.51. The smallest absolute Gasteiger partial charge is 0.315 e. The lowest BCUT2D eigenvalue weighted by molar-refractivity contribution is 0.240. The molecule has 0 heterocycles. The van der Waals surface area contributed by atoms with Crippen LogP contribution in [0.2, 0.25) is 0 Å². The van der Waals surface area contributed by atoms with E-state index in [0.717, 1.165) is 5.56 Å². The first-order valence-electron chi connectivity index (χ1n) is 4.27. The molecule has 3 heteroatoms. The fourth-order valence-corrected chi connectivity index (χ4v) is 1.09. The zero-order valence-corrected chi connectivity index (χ0v) is 7.87. The summed E-state index contributed by atoms with van der Waals surface area (Å²) in [7, 11) is 1.60. The summed E-state index contributed by atoms with van der Waals surface area (Å²) in [4.78, 5) is 11.0. The molecule has 1 aromatic carbocycles. The largest absolute Gasteiger partial charge is 0.341 e. The van der Waals surface area contributed by atoms with Gasteiger partial charge in [0.2, 0.25) is 0 Å². The number of rotatable bonds is 2. The SMILES string of the molecule is CNC(=O)N[C@H](C)c1ccccc1. The number of benzene rings is 1. The van der Waals surface area contributed by atoms with Gasteiger partial charge in [0, 0.05) is 7.05 Å². The number of carbonyl (C=O) groups is 1. The molecule has 0 aromatic heterocycles. The molecule has 0 spiro atoms. The Bertz CT molecular complexity index is 272. The molecular formula is C10H14N2O. The molecule has 1 aromatic rings. The average molecular weight is 178 g/mol. The highest BCUT2D eigenvalue weighted by molar-refractivity contribution is 5.73. The zero-order valence-electron chi connectivity index (χ0n) is 7.87. The van der Waals surface area contributed by atoms with Crippen LogP contribution in [-0.2, 0) is 0 Å². The minimum atomic E-state index is -0.156. The third-order valence-corrected chi connectivity index (χ3v) is 1.87. The molecule has 0 saturated heterocycles. The van der Waals surface area contributed by atoms with Crippen LogP contribution in [0.1, 0.15) is 18.5 Å². The first-order valence-corrected chi connectivity index (χ1v) is 4.27. The van der Waals surface area contributed by atoms with Gasteiger partial charge in [-0.25, -0.2) is 4.79 Å². The Morgan fingerprint density at radius 2 is 1.92 bits per heavy atom. The number of urea groups is 1. The molecule has 0 bridgehead atoms. The van der Waals surface area contributed by atoms with Crippen molar-refractivity contribution < 1.29 is 4.79 Å². The van der Waals surface area contributed by atoms with Crippen molar-refractivity contribution >= 4 is 6.03 Å². The van der Waals surface area contributed by atoms with Crippen LogP contribution in [0.25, 0.3) is 0 Å². The Morgan fingerprint density at radius 3 is 2.46 bits per heavy atom. The topological polar surface area (TPSA) is 41.1 Å². The first kappa shape index (κ1) is 9.58. The maximum absolute atomic E-state index is 11.0. The summed E-state index contributed by atoms with van der Waals surface area (Å²) in [6.45, 7) is 1.95. The summed E-state index contributed by atoms with van der Waals surface area (Å²) in [5.41, 5.74) is 1.10. The van der Waals surface area contributed by atoms with Crippen LogP contribution in [-0.4, -0.2) is 13.1 Å². The fraction of sp³-hybridized carbons (Fsp3) is 0.300. The van der Waals surface area contributed by atoms with Gasteiger partial charge in [0.15, 0.2) is 0 Å². The number of nitrogens with one attached hydrogen (secondary N) is 2. The van der Waals surface area contributed by atoms with Crippen molar-refractivity contribution in [1.82, 2.24) is 10.6 Å². The highest BCUT2D eigenvalue weighted by Gasteiger charge is 2.06. The van der Waals surface area contributed by atoms with Crippen molar-refractivity contribution in [2.24, 2.45) is 0 Å². The predicted molar refractivity (Wildman–Crippen MR) is 52.4 cm³/mol. The van der Waals surface area contributed by atoms with Gasteiger partial charge in [-0.1, -0.05) is 30.3 Å². The number of amides is 2. The van der Waals surface area contributed by atoms with Crippen LogP contribution in [0, 0.1) is 0 Å². The Labute approximate surface area is 78.2 Å². The Morgan fingerprint density at radius 1 is 1.31 bits per heavy atom. The summed E-state index contributed by atoms with van der Waals surface area (Å²) in [6, 6.07) is 9.73. The minimum Gasteiger partial charge on any atom is -0.341 e. The van der Waals surface area contributed by atoms with Gasteiger partial charge in [-0.3, -0.25) is 0 Å². The second-order valence-corrected chi connectivity index (χ2v) is 2.86. The molecule has 3 nitrogen and oxygen atoms in total. The molecule has 0 radical (unpaired) electrons. The lowest BCUT2D eigenvalue weighted by atomic mass is 10.1. The van der Waals surface area contributed by atoms with E-state index >= 15 is 0 Å². The molecule has 2 amide bonds. The highest BCUT2D eigenvalue weighted by Crippen LogP contribution is 2.10. The van der Waals surface area contributed by atoms with Crippen LogP contribution >= 0.6 is 0 Å². The molecule has 0 unspecified atom stereocenters. The second kappa shape index (κ2) is 4.50. The monoisotopic (exact) mass is 178 g/mol.